The number of aliphatic carboxylic acids is 9. The molecule has 37 nitrogen and oxygen atoms in total. The number of H-pyrrole nitrogens is 1. The second kappa shape index (κ2) is 51.6. The van der Waals surface area contributed by atoms with E-state index in [2.05, 4.69) is 20.7 Å². The van der Waals surface area contributed by atoms with Crippen LogP contribution >= 0.6 is 0 Å². The molecule has 2 aromatic carbocycles. The summed E-state index contributed by atoms with van der Waals surface area (Å²) in [5.74, 6) is -10.1. The van der Waals surface area contributed by atoms with E-state index in [1.165, 1.54) is 44.4 Å². The van der Waals surface area contributed by atoms with Crippen LogP contribution in [-0.2, 0) is 79.5 Å². The van der Waals surface area contributed by atoms with E-state index in [9.17, 15) is 58.5 Å². The number of carbonyl (C=O) groups is 10. The van der Waals surface area contributed by atoms with Crippen LogP contribution in [0, 0.1) is 0 Å². The van der Waals surface area contributed by atoms with Crippen LogP contribution in [0.15, 0.2) is 66.0 Å². The standard InChI is InChI=1S/2C9H11NO3.C6H14N4O2.C6H9N3O2.C4H7NO4.C4H9NO3.C3H7NO2.C2H5NO2.CH2O3.Fe/c2*10-8(9(12)13)5-6-1-3-7(11)4-2-6;7-4(5(11)12)2-1-3-10-6(8)9;7-5(6(10)11)1-4-2-8-3-9-4;5-2(4(8)9)1-3(6)7;1-2(6)3(5)4(7)8;1-2(4)3(5)6;3-1-2(4)5;2-1(3)4;/h2*1-4,8,11H,5,10H2,(H,12,13);4H,1-3,7H2,(H,11,12)(H4,8,9,10);2-3,5H,1,7H2,(H,8,9)(H,10,11);2H,1,5H2,(H,6,7)(H,8,9);2-3,6H,5H2,1H3,(H,7,8);2H,4H2,1H3,(H,5,6);1,3H2,(H,4,5);(H2,2,3,4);/q;;;;;;;;;+3/p-3/t2*8-;4-;5-;2-;2-,3+;2-;;;/m0000010.../s1. The third kappa shape index (κ3) is 62.0. The summed E-state index contributed by atoms with van der Waals surface area (Å²) in [6.45, 7) is 2.89. The average molecular weight is 1220 g/mol. The molecule has 32 N–H and O–H groups in total. The van der Waals surface area contributed by atoms with E-state index in [1.54, 1.807) is 30.5 Å². The number of aromatic amines is 1. The Bertz CT molecular complexity index is 2250. The van der Waals surface area contributed by atoms with Gasteiger partial charge in [-0.2, -0.15) is 0 Å². The molecule has 0 aliphatic carbocycles. The summed E-state index contributed by atoms with van der Waals surface area (Å²) in [6, 6.07) is 5.20. The number of carboxylic acids is 9. The number of nitrogens with two attached hydrogens (primary N) is 10. The van der Waals surface area contributed by atoms with E-state index >= 15 is 0 Å². The zero-order valence-electron chi connectivity index (χ0n) is 43.8. The van der Waals surface area contributed by atoms with E-state index < -0.39 is 115 Å². The monoisotopic (exact) mass is 1220 g/mol. The molecule has 1 aromatic heterocycles. The molecule has 0 unspecified atom stereocenters. The van der Waals surface area contributed by atoms with Gasteiger partial charge in [-0.1, -0.05) is 48.5 Å². The van der Waals surface area contributed by atoms with Gasteiger partial charge in [0.05, 0.1) is 19.0 Å². The van der Waals surface area contributed by atoms with Crippen LogP contribution in [0.3, 0.4) is 0 Å². The molecule has 1 radical (unpaired) electrons. The van der Waals surface area contributed by atoms with Gasteiger partial charge < -0.3 is 139 Å². The zero-order chi connectivity index (χ0) is 64.7. The Labute approximate surface area is 476 Å². The van der Waals surface area contributed by atoms with Gasteiger partial charge in [-0.3, -0.25) is 43.3 Å². The number of aliphatic hydroxyl groups is 1. The Morgan fingerprint density at radius 3 is 1.11 bits per heavy atom. The molecule has 8 atom stereocenters. The van der Waals surface area contributed by atoms with Gasteiger partial charge in [-0.05, 0) is 50.7 Å². The van der Waals surface area contributed by atoms with Crippen LogP contribution in [0.25, 0.3) is 0 Å². The van der Waals surface area contributed by atoms with Gasteiger partial charge in [0.25, 0.3) is 0 Å². The topological polar surface area (TPSA) is 764 Å². The first-order valence-corrected chi connectivity index (χ1v) is 22.3. The SMILES string of the molecule is C[C@@H](O)[C@H](N)C(=O)O.C[C@H](N)C(=O)O.NC(N)=NCCC[C@H](N)C(=O)O.NCC(=O)O.N[C@@H](CC(=O)[O-])C(=O)O.N[C@@H](Cc1ccc([O-])cc1)C(=O)O.N[C@@H](Cc1ccc([O-])cc1)C(=O)O.N[C@@H](Cc1cnc[nH]1)C(=O)O.O=C(O)O.[Fe+3]. The Hall–Kier alpha value is -8.82. The number of aliphatic imine (C=N–C) groups is 1. The second-order valence-corrected chi connectivity index (χ2v) is 15.3. The van der Waals surface area contributed by atoms with E-state index in [0.29, 0.717) is 19.4 Å². The number of rotatable bonds is 21. The molecule has 0 saturated heterocycles. The van der Waals surface area contributed by atoms with Crippen LogP contribution in [0.1, 0.15) is 49.9 Å². The van der Waals surface area contributed by atoms with Crippen molar-refractivity contribution in [2.24, 2.45) is 62.3 Å². The van der Waals surface area contributed by atoms with Crippen LogP contribution in [0.2, 0.25) is 0 Å². The summed E-state index contributed by atoms with van der Waals surface area (Å²) in [7, 11) is 0. The van der Waals surface area contributed by atoms with E-state index in [0.717, 1.165) is 16.8 Å². The molecule has 3 aromatic rings. The maximum atomic E-state index is 10.7. The largest absolute Gasteiger partial charge is 3.00 e. The number of guanidine groups is 1. The maximum Gasteiger partial charge on any atom is 3.00 e. The number of carboxylic acid groups (broad SMARTS) is 11. The van der Waals surface area contributed by atoms with Crippen LogP contribution in [0.4, 0.5) is 4.79 Å². The summed E-state index contributed by atoms with van der Waals surface area (Å²) in [4.78, 5) is 108. The normalized spacial score (nSPS) is 12.2. The smallest absolute Gasteiger partial charge is 0.872 e. The van der Waals surface area contributed by atoms with Crippen molar-refractivity contribution in [3.63, 3.8) is 0 Å². The van der Waals surface area contributed by atoms with Crippen molar-refractivity contribution in [2.45, 2.75) is 101 Å². The van der Waals surface area contributed by atoms with Crippen molar-refractivity contribution in [3.05, 3.63) is 77.9 Å². The first-order valence-electron chi connectivity index (χ1n) is 22.3. The quantitative estimate of drug-likeness (QED) is 0.0204. The summed E-state index contributed by atoms with van der Waals surface area (Å²) >= 11 is 0. The fraction of sp³-hybridized carbons (Fsp3) is 0.409. The van der Waals surface area contributed by atoms with Crippen molar-refractivity contribution in [2.75, 3.05) is 13.1 Å². The minimum absolute atomic E-state index is 0. The minimum Gasteiger partial charge on any atom is -0.872 e. The summed E-state index contributed by atoms with van der Waals surface area (Å²) in [5.41, 5.74) is 52.6. The molecular formula is C44H72FeN13O24. The molecule has 1 heterocycles. The Balaban J connectivity index is -0.000000157. The number of benzene rings is 2. The average Bonchev–Trinajstić information content (AvgIpc) is 3.87. The van der Waals surface area contributed by atoms with Gasteiger partial charge in [-0.25, -0.2) is 9.78 Å². The fourth-order valence-electron chi connectivity index (χ4n) is 3.77. The predicted molar refractivity (Wildman–Crippen MR) is 275 cm³/mol. The van der Waals surface area contributed by atoms with Crippen molar-refractivity contribution >= 4 is 65.8 Å². The van der Waals surface area contributed by atoms with Gasteiger partial charge >= 0.3 is 71.0 Å². The van der Waals surface area contributed by atoms with Gasteiger partial charge in [0, 0.05) is 37.2 Å². The van der Waals surface area contributed by atoms with Crippen molar-refractivity contribution in [3.8, 4) is 11.5 Å². The van der Waals surface area contributed by atoms with Crippen molar-refractivity contribution in [1.82, 2.24) is 9.97 Å². The molecule has 0 aliphatic rings. The number of hydrogen-bond acceptors (Lipinski definition) is 24. The van der Waals surface area contributed by atoms with Crippen LogP contribution in [0.5, 0.6) is 11.5 Å². The van der Waals surface area contributed by atoms with Crippen molar-refractivity contribution < 1.29 is 137 Å². The van der Waals surface area contributed by atoms with Gasteiger partial charge in [0.2, 0.25) is 0 Å². The maximum absolute atomic E-state index is 10.7. The van der Waals surface area contributed by atoms with Crippen LogP contribution < -0.4 is 72.7 Å². The molecule has 0 saturated carbocycles. The first kappa shape index (κ1) is 87.1. The summed E-state index contributed by atoms with van der Waals surface area (Å²) in [6.07, 6.45) is 1.33. The predicted octanol–water partition coefficient (Wildman–Crippen LogP) is -7.77. The van der Waals surface area contributed by atoms with Gasteiger partial charge in [-0.15, -0.1) is 11.5 Å². The zero-order valence-corrected chi connectivity index (χ0v) is 44.9. The molecule has 38 heteroatoms. The first-order chi connectivity index (χ1) is 37.2. The Kier molecular flexibility index (Phi) is 54.8. The molecule has 3 rings (SSSR count). The summed E-state index contributed by atoms with van der Waals surface area (Å²) < 4.78 is 0. The van der Waals surface area contributed by atoms with Gasteiger partial charge in [0.1, 0.15) is 42.3 Å². The fourth-order valence-corrected chi connectivity index (χ4v) is 3.77. The molecule has 0 aliphatic heterocycles. The number of aromatic nitrogens is 2. The molecule has 0 spiro atoms. The molecule has 0 bridgehead atoms. The number of nitrogens with zero attached hydrogens (tertiary/aromatic N) is 2. The minimum atomic E-state index is -1.83. The number of aliphatic hydroxyl groups excluding tert-OH is 1. The van der Waals surface area contributed by atoms with E-state index in [1.807, 2.05) is 0 Å². The van der Waals surface area contributed by atoms with Crippen molar-refractivity contribution in [1.29, 1.82) is 0 Å². The Morgan fingerprint density at radius 2 is 0.902 bits per heavy atom. The summed E-state index contributed by atoms with van der Waals surface area (Å²) in [5, 5.41) is 119. The van der Waals surface area contributed by atoms with E-state index in [4.69, 9.17) is 113 Å². The number of imidazole rings is 1. The van der Waals surface area contributed by atoms with E-state index in [-0.39, 0.29) is 60.3 Å². The second-order valence-electron chi connectivity index (χ2n) is 15.3. The third-order valence-corrected chi connectivity index (χ3v) is 8.06. The molecule has 0 fully saturated rings. The molecular weight excluding hydrogens is 1150 g/mol. The number of nitrogens with one attached hydrogen (secondary N) is 1. The number of carbonyl (C=O) groups excluding carboxylic acids is 1. The third-order valence-electron chi connectivity index (χ3n) is 8.06. The molecule has 82 heavy (non-hydrogen) atoms. The van der Waals surface area contributed by atoms with Gasteiger partial charge in [0.15, 0.2) is 5.96 Å². The molecule has 0 amide bonds. The molecule has 465 valence electrons. The van der Waals surface area contributed by atoms with Crippen LogP contribution in [-0.4, -0.2) is 193 Å². The Morgan fingerprint density at radius 1 is 0.573 bits per heavy atom. The number of hydrogen-bond donors (Lipinski definition) is 22.